The molecule has 0 bridgehead atoms. The molecule has 0 N–H and O–H groups in total. The zero-order valence-corrected chi connectivity index (χ0v) is 26.5. The third-order valence-corrected chi connectivity index (χ3v) is 9.87. The SMILES string of the molecule is CS(=O)(=O)c1ncc2cc(C(=O)c3ccccc3Cl)sc2n1.CSc1ncc2cc(C(=O)c3ccccc3Cl)sc2n1. The number of halogens is 2. The monoisotopic (exact) mass is 672 g/mol. The summed E-state index contributed by atoms with van der Waals surface area (Å²) in [4.78, 5) is 43.7. The molecule has 0 spiro atoms. The topological polar surface area (TPSA) is 120 Å². The van der Waals surface area contributed by atoms with Gasteiger partial charge in [-0.05, 0) is 42.7 Å². The van der Waals surface area contributed by atoms with Gasteiger partial charge in [-0.25, -0.2) is 28.4 Å². The van der Waals surface area contributed by atoms with Gasteiger partial charge in [0.05, 0.1) is 19.8 Å². The summed E-state index contributed by atoms with van der Waals surface area (Å²) in [6, 6.07) is 17.3. The van der Waals surface area contributed by atoms with Gasteiger partial charge in [-0.15, -0.1) is 22.7 Å². The lowest BCUT2D eigenvalue weighted by molar-refractivity contribution is 0.103. The Morgan fingerprint density at radius 3 is 1.71 bits per heavy atom. The third-order valence-electron chi connectivity index (χ3n) is 5.70. The lowest BCUT2D eigenvalue weighted by Gasteiger charge is -1.99. The zero-order valence-electron chi connectivity index (χ0n) is 21.7. The number of thioether (sulfide) groups is 1. The highest BCUT2D eigenvalue weighted by molar-refractivity contribution is 7.98. The van der Waals surface area contributed by atoms with E-state index >= 15 is 0 Å². The number of benzene rings is 2. The number of carbonyl (C=O) groups is 2. The predicted octanol–water partition coefficient (Wildman–Crippen LogP) is 7.28. The third kappa shape index (κ3) is 6.54. The summed E-state index contributed by atoms with van der Waals surface area (Å²) < 4.78 is 23.0. The molecule has 0 amide bonds. The van der Waals surface area contributed by atoms with Crippen LogP contribution in [-0.4, -0.2) is 52.4 Å². The number of rotatable bonds is 6. The van der Waals surface area contributed by atoms with Crippen LogP contribution in [0.2, 0.25) is 10.0 Å². The highest BCUT2D eigenvalue weighted by atomic mass is 35.5. The molecule has 0 saturated heterocycles. The number of carbonyl (C=O) groups excluding carboxylic acids is 2. The average molecular weight is 674 g/mol. The maximum atomic E-state index is 12.5. The number of thiophene rings is 2. The number of fused-ring (bicyclic) bond motifs is 2. The normalized spacial score (nSPS) is 11.3. The van der Waals surface area contributed by atoms with Gasteiger partial charge in [0.25, 0.3) is 0 Å². The van der Waals surface area contributed by atoms with Gasteiger partial charge in [0.1, 0.15) is 9.66 Å². The van der Waals surface area contributed by atoms with Crippen LogP contribution in [0, 0.1) is 0 Å². The molecule has 4 aromatic heterocycles. The quantitative estimate of drug-likeness (QED) is 0.102. The van der Waals surface area contributed by atoms with Gasteiger partial charge in [-0.2, -0.15) is 0 Å². The molecule has 0 unspecified atom stereocenters. The predicted molar refractivity (Wildman–Crippen MR) is 169 cm³/mol. The summed E-state index contributed by atoms with van der Waals surface area (Å²) in [6.45, 7) is 0. The largest absolute Gasteiger partial charge is 0.288 e. The summed E-state index contributed by atoms with van der Waals surface area (Å²) in [5.41, 5.74) is 0.908. The van der Waals surface area contributed by atoms with Crippen LogP contribution in [0.25, 0.3) is 20.4 Å². The number of hydrogen-bond donors (Lipinski definition) is 0. The van der Waals surface area contributed by atoms with Crippen LogP contribution in [0.15, 0.2) is 83.4 Å². The van der Waals surface area contributed by atoms with E-state index in [2.05, 4.69) is 19.9 Å². The smallest absolute Gasteiger partial charge is 0.248 e. The van der Waals surface area contributed by atoms with Gasteiger partial charge in [-0.1, -0.05) is 59.2 Å². The molecule has 8 nitrogen and oxygen atoms in total. The molecule has 0 aliphatic carbocycles. The maximum Gasteiger partial charge on any atom is 0.248 e. The molecular weight excluding hydrogens is 656 g/mol. The molecule has 4 heterocycles. The van der Waals surface area contributed by atoms with E-state index in [1.54, 1.807) is 60.8 Å². The Hall–Kier alpha value is -3.26. The molecule has 2 aromatic carbocycles. The lowest BCUT2D eigenvalue weighted by atomic mass is 10.1. The molecule has 6 aromatic rings. The second-order valence-electron chi connectivity index (χ2n) is 8.64. The van der Waals surface area contributed by atoms with Crippen molar-refractivity contribution < 1.29 is 18.0 Å². The Balaban J connectivity index is 0.000000169. The summed E-state index contributed by atoms with van der Waals surface area (Å²) in [5, 5.41) is 2.78. The van der Waals surface area contributed by atoms with Gasteiger partial charge in [0.15, 0.2) is 5.16 Å². The summed E-state index contributed by atoms with van der Waals surface area (Å²) in [7, 11) is -3.49. The Morgan fingerprint density at radius 2 is 1.24 bits per heavy atom. The molecule has 0 aliphatic heterocycles. The molecular formula is C28H18Cl2N4O4S4. The molecule has 212 valence electrons. The minimum Gasteiger partial charge on any atom is -0.288 e. The van der Waals surface area contributed by atoms with Gasteiger partial charge in [0, 0.05) is 40.5 Å². The fourth-order valence-electron chi connectivity index (χ4n) is 3.69. The number of hydrogen-bond acceptors (Lipinski definition) is 11. The van der Waals surface area contributed by atoms with Crippen molar-refractivity contribution in [1.82, 2.24) is 19.9 Å². The first-order valence-corrected chi connectivity index (χ1v) is 17.4. The van der Waals surface area contributed by atoms with Crippen molar-refractivity contribution in [1.29, 1.82) is 0 Å². The molecule has 0 fully saturated rings. The lowest BCUT2D eigenvalue weighted by Crippen LogP contribution is -2.02. The minimum atomic E-state index is -3.49. The van der Waals surface area contributed by atoms with Crippen LogP contribution in [0.3, 0.4) is 0 Å². The van der Waals surface area contributed by atoms with Gasteiger partial charge in [0.2, 0.25) is 26.6 Å². The zero-order chi connectivity index (χ0) is 30.0. The minimum absolute atomic E-state index is 0.0794. The first-order valence-electron chi connectivity index (χ1n) is 11.9. The van der Waals surface area contributed by atoms with Crippen LogP contribution >= 0.6 is 57.6 Å². The van der Waals surface area contributed by atoms with E-state index in [9.17, 15) is 18.0 Å². The molecule has 14 heteroatoms. The van der Waals surface area contributed by atoms with Crippen molar-refractivity contribution >= 4 is 99.5 Å². The van der Waals surface area contributed by atoms with E-state index in [4.69, 9.17) is 23.2 Å². The van der Waals surface area contributed by atoms with Crippen molar-refractivity contribution in [2.75, 3.05) is 12.5 Å². The standard InChI is InChI=1S/C14H9ClN2O3S2.C14H9ClN2OS2/c1-22(19,20)14-16-7-8-6-11(21-13(8)17-14)12(18)9-4-2-3-5-10(9)15;1-19-14-16-7-8-6-11(20-13(8)17-14)12(18)9-4-2-3-5-10(9)15/h2-7H,1H3;2-7H,1H3. The number of sulfone groups is 1. The van der Waals surface area contributed by atoms with Crippen LogP contribution in [0.4, 0.5) is 0 Å². The van der Waals surface area contributed by atoms with E-state index < -0.39 is 9.84 Å². The molecule has 0 aliphatic rings. The van der Waals surface area contributed by atoms with Crippen molar-refractivity contribution in [3.05, 3.63) is 104 Å². The van der Waals surface area contributed by atoms with E-state index in [1.807, 2.05) is 12.3 Å². The van der Waals surface area contributed by atoms with Crippen molar-refractivity contribution in [3.63, 3.8) is 0 Å². The maximum absolute atomic E-state index is 12.5. The molecule has 6 rings (SSSR count). The fraction of sp³-hybridized carbons (Fsp3) is 0.0714. The van der Waals surface area contributed by atoms with E-state index in [0.29, 0.717) is 46.3 Å². The van der Waals surface area contributed by atoms with E-state index in [-0.39, 0.29) is 16.7 Å². The number of nitrogens with zero attached hydrogens (tertiary/aromatic N) is 4. The van der Waals surface area contributed by atoms with Crippen LogP contribution < -0.4 is 0 Å². The first kappa shape index (κ1) is 30.2. The summed E-state index contributed by atoms with van der Waals surface area (Å²) >= 11 is 16.1. The first-order chi connectivity index (χ1) is 20.0. The van der Waals surface area contributed by atoms with E-state index in [0.717, 1.165) is 27.8 Å². The van der Waals surface area contributed by atoms with Gasteiger partial charge in [-0.3, -0.25) is 9.59 Å². The highest BCUT2D eigenvalue weighted by Gasteiger charge is 2.19. The molecule has 0 radical (unpaired) electrons. The average Bonchev–Trinajstić information content (AvgIpc) is 3.60. The number of aromatic nitrogens is 4. The molecule has 0 atom stereocenters. The van der Waals surface area contributed by atoms with Gasteiger partial charge < -0.3 is 0 Å². The second-order valence-corrected chi connectivity index (χ2v) is 14.2. The molecule has 0 saturated carbocycles. The second kappa shape index (κ2) is 12.5. The summed E-state index contributed by atoms with van der Waals surface area (Å²) in [5.74, 6) is -0.307. The Kier molecular flexibility index (Phi) is 9.02. The van der Waals surface area contributed by atoms with Crippen LogP contribution in [0.1, 0.15) is 30.5 Å². The van der Waals surface area contributed by atoms with Crippen LogP contribution in [-0.2, 0) is 9.84 Å². The highest BCUT2D eigenvalue weighted by Crippen LogP contribution is 2.30. The Bertz CT molecular complexity index is 2090. The van der Waals surface area contributed by atoms with Crippen molar-refractivity contribution in [2.24, 2.45) is 0 Å². The van der Waals surface area contributed by atoms with Crippen LogP contribution in [0.5, 0.6) is 0 Å². The molecule has 42 heavy (non-hydrogen) atoms. The van der Waals surface area contributed by atoms with E-state index in [1.165, 1.54) is 29.3 Å². The Morgan fingerprint density at radius 1 is 0.762 bits per heavy atom. The number of ketones is 2. The Labute approximate surface area is 262 Å². The van der Waals surface area contributed by atoms with Crippen molar-refractivity contribution in [2.45, 2.75) is 10.3 Å². The van der Waals surface area contributed by atoms with Crippen molar-refractivity contribution in [3.8, 4) is 0 Å². The van der Waals surface area contributed by atoms with Gasteiger partial charge >= 0.3 is 0 Å². The summed E-state index contributed by atoms with van der Waals surface area (Å²) in [6.07, 6.45) is 6.11. The fourth-order valence-corrected chi connectivity index (χ4v) is 7.01.